The van der Waals surface area contributed by atoms with Crippen molar-refractivity contribution in [3.63, 3.8) is 0 Å². The van der Waals surface area contributed by atoms with E-state index in [2.05, 4.69) is 5.32 Å². The molecule has 6 heteroatoms. The number of halogens is 2. The van der Waals surface area contributed by atoms with Crippen LogP contribution in [-0.4, -0.2) is 5.91 Å². The summed E-state index contributed by atoms with van der Waals surface area (Å²) in [5.74, 6) is -0.584. The molecule has 0 aliphatic heterocycles. The van der Waals surface area contributed by atoms with Gasteiger partial charge < -0.3 is 16.8 Å². The van der Waals surface area contributed by atoms with E-state index in [1.165, 1.54) is 0 Å². The molecule has 2 rings (SSSR count). The van der Waals surface area contributed by atoms with Crippen LogP contribution in [0.1, 0.15) is 15.9 Å². The van der Waals surface area contributed by atoms with Crippen LogP contribution in [0, 0.1) is 6.92 Å². The Bertz CT molecular complexity index is 686. The molecule has 104 valence electrons. The minimum atomic E-state index is -0.584. The number of rotatable bonds is 3. The fraction of sp³-hybridized carbons (Fsp3) is 0.0714. The minimum Gasteiger partial charge on any atom is -0.396 e. The summed E-state index contributed by atoms with van der Waals surface area (Å²) in [6.45, 7) is 1.86. The number of carbonyl (C=O) groups is 1. The smallest absolute Gasteiger partial charge is 0.250 e. The molecule has 0 saturated heterocycles. The molecule has 5 N–H and O–H groups in total. The van der Waals surface area contributed by atoms with Crippen molar-refractivity contribution < 1.29 is 4.79 Å². The van der Waals surface area contributed by atoms with Crippen molar-refractivity contribution in [2.75, 3.05) is 11.1 Å². The number of hydrogen-bond donors (Lipinski definition) is 3. The van der Waals surface area contributed by atoms with Crippen LogP contribution in [0.3, 0.4) is 0 Å². The number of benzene rings is 2. The third kappa shape index (κ3) is 2.81. The fourth-order valence-corrected chi connectivity index (χ4v) is 2.21. The van der Waals surface area contributed by atoms with Crippen molar-refractivity contribution in [2.45, 2.75) is 6.92 Å². The summed E-state index contributed by atoms with van der Waals surface area (Å²) in [7, 11) is 0. The number of amides is 1. The average molecular weight is 310 g/mol. The number of para-hydroxylation sites is 1. The van der Waals surface area contributed by atoms with Crippen LogP contribution in [0.4, 0.5) is 17.1 Å². The van der Waals surface area contributed by atoms with Gasteiger partial charge in [-0.15, -0.1) is 0 Å². The van der Waals surface area contributed by atoms with E-state index in [1.807, 2.05) is 6.92 Å². The second-order valence-corrected chi connectivity index (χ2v) is 5.15. The highest BCUT2D eigenvalue weighted by molar-refractivity contribution is 6.36. The van der Waals surface area contributed by atoms with Gasteiger partial charge in [0.15, 0.2) is 0 Å². The van der Waals surface area contributed by atoms with Crippen LogP contribution in [0.15, 0.2) is 30.3 Å². The van der Waals surface area contributed by atoms with E-state index < -0.39 is 5.91 Å². The lowest BCUT2D eigenvalue weighted by molar-refractivity contribution is 0.100. The molecule has 0 radical (unpaired) electrons. The van der Waals surface area contributed by atoms with Crippen molar-refractivity contribution in [3.05, 3.63) is 51.5 Å². The van der Waals surface area contributed by atoms with E-state index in [4.69, 9.17) is 34.7 Å². The first-order valence-electron chi connectivity index (χ1n) is 5.81. The van der Waals surface area contributed by atoms with Crippen molar-refractivity contribution >= 4 is 46.2 Å². The molecule has 2 aromatic carbocycles. The zero-order valence-electron chi connectivity index (χ0n) is 10.7. The lowest BCUT2D eigenvalue weighted by Crippen LogP contribution is -2.14. The Kier molecular flexibility index (Phi) is 4.06. The Labute approximate surface area is 126 Å². The molecular formula is C14H13Cl2N3O. The number of hydrogen-bond acceptors (Lipinski definition) is 3. The highest BCUT2D eigenvalue weighted by Gasteiger charge is 2.11. The van der Waals surface area contributed by atoms with Crippen LogP contribution >= 0.6 is 23.2 Å². The van der Waals surface area contributed by atoms with E-state index in [1.54, 1.807) is 30.3 Å². The summed E-state index contributed by atoms with van der Waals surface area (Å²) in [6, 6.07) is 8.43. The lowest BCUT2D eigenvalue weighted by atomic mass is 10.1. The van der Waals surface area contributed by atoms with Crippen LogP contribution in [0.5, 0.6) is 0 Å². The van der Waals surface area contributed by atoms with Gasteiger partial charge in [-0.1, -0.05) is 29.3 Å². The number of primary amides is 1. The van der Waals surface area contributed by atoms with E-state index in [0.29, 0.717) is 21.4 Å². The summed E-state index contributed by atoms with van der Waals surface area (Å²) in [4.78, 5) is 11.3. The predicted molar refractivity (Wildman–Crippen MR) is 83.9 cm³/mol. The molecule has 0 unspecified atom stereocenters. The van der Waals surface area contributed by atoms with Gasteiger partial charge in [-0.2, -0.15) is 0 Å². The predicted octanol–water partition coefficient (Wildman–Crippen LogP) is 3.73. The summed E-state index contributed by atoms with van der Waals surface area (Å²) in [5, 5.41) is 4.15. The number of nitrogens with two attached hydrogens (primary N) is 2. The molecule has 0 heterocycles. The zero-order chi connectivity index (χ0) is 14.9. The fourth-order valence-electron chi connectivity index (χ4n) is 1.78. The van der Waals surface area contributed by atoms with Crippen LogP contribution in [0.2, 0.25) is 10.0 Å². The van der Waals surface area contributed by atoms with E-state index in [9.17, 15) is 4.79 Å². The minimum absolute atomic E-state index is 0.254. The Hall–Kier alpha value is -1.91. The number of carbonyl (C=O) groups excluding carboxylic acids is 1. The van der Waals surface area contributed by atoms with Crippen molar-refractivity contribution in [1.82, 2.24) is 0 Å². The van der Waals surface area contributed by atoms with Gasteiger partial charge in [0.05, 0.1) is 27.6 Å². The summed E-state index contributed by atoms with van der Waals surface area (Å²) in [5.41, 5.74) is 13.7. The number of nitrogens with one attached hydrogen (secondary N) is 1. The molecule has 0 atom stereocenters. The lowest BCUT2D eigenvalue weighted by Gasteiger charge is -2.13. The third-order valence-corrected chi connectivity index (χ3v) is 3.61. The number of nitrogen functional groups attached to an aromatic ring is 1. The molecule has 0 aromatic heterocycles. The quantitative estimate of drug-likeness (QED) is 0.756. The third-order valence-electron chi connectivity index (χ3n) is 2.89. The van der Waals surface area contributed by atoms with Gasteiger partial charge in [0.2, 0.25) is 0 Å². The summed E-state index contributed by atoms with van der Waals surface area (Å²) < 4.78 is 0. The SMILES string of the molecule is Cc1cc(Cl)c(Nc2cccc(C(N)=O)c2N)cc1Cl. The molecule has 0 aliphatic carbocycles. The summed E-state index contributed by atoms with van der Waals surface area (Å²) in [6.07, 6.45) is 0. The van der Waals surface area contributed by atoms with Crippen molar-refractivity contribution in [1.29, 1.82) is 0 Å². The van der Waals surface area contributed by atoms with Crippen LogP contribution in [-0.2, 0) is 0 Å². The molecule has 20 heavy (non-hydrogen) atoms. The van der Waals surface area contributed by atoms with Gasteiger partial charge in [0.25, 0.3) is 5.91 Å². The molecular weight excluding hydrogens is 297 g/mol. The van der Waals surface area contributed by atoms with Gasteiger partial charge in [0.1, 0.15) is 0 Å². The highest BCUT2D eigenvalue weighted by atomic mass is 35.5. The number of anilines is 3. The van der Waals surface area contributed by atoms with Gasteiger partial charge in [-0.25, -0.2) is 0 Å². The normalized spacial score (nSPS) is 10.3. The van der Waals surface area contributed by atoms with Crippen LogP contribution in [0.25, 0.3) is 0 Å². The molecule has 0 saturated carbocycles. The van der Waals surface area contributed by atoms with Crippen molar-refractivity contribution in [3.8, 4) is 0 Å². The monoisotopic (exact) mass is 309 g/mol. The van der Waals surface area contributed by atoms with Gasteiger partial charge in [-0.05, 0) is 36.8 Å². The van der Waals surface area contributed by atoms with E-state index >= 15 is 0 Å². The Balaban J connectivity index is 2.43. The first-order chi connectivity index (χ1) is 9.40. The average Bonchev–Trinajstić information content (AvgIpc) is 2.37. The Morgan fingerprint density at radius 2 is 1.85 bits per heavy atom. The second kappa shape index (κ2) is 5.61. The maximum Gasteiger partial charge on any atom is 0.250 e. The largest absolute Gasteiger partial charge is 0.396 e. The molecule has 0 spiro atoms. The molecule has 0 bridgehead atoms. The van der Waals surface area contributed by atoms with Gasteiger partial charge >= 0.3 is 0 Å². The molecule has 0 fully saturated rings. The first kappa shape index (κ1) is 14.5. The summed E-state index contributed by atoms with van der Waals surface area (Å²) >= 11 is 12.2. The zero-order valence-corrected chi connectivity index (χ0v) is 12.2. The second-order valence-electron chi connectivity index (χ2n) is 4.34. The number of aryl methyl sites for hydroxylation is 1. The van der Waals surface area contributed by atoms with E-state index in [-0.39, 0.29) is 11.3 Å². The molecule has 4 nitrogen and oxygen atoms in total. The first-order valence-corrected chi connectivity index (χ1v) is 6.56. The van der Waals surface area contributed by atoms with Gasteiger partial charge in [-0.3, -0.25) is 4.79 Å². The molecule has 1 amide bonds. The molecule has 0 aliphatic rings. The maximum absolute atomic E-state index is 11.3. The topological polar surface area (TPSA) is 81.1 Å². The molecule has 2 aromatic rings. The Morgan fingerprint density at radius 3 is 2.50 bits per heavy atom. The van der Waals surface area contributed by atoms with Gasteiger partial charge in [0, 0.05) is 5.02 Å². The van der Waals surface area contributed by atoms with E-state index in [0.717, 1.165) is 5.56 Å². The highest BCUT2D eigenvalue weighted by Crippen LogP contribution is 2.33. The van der Waals surface area contributed by atoms with Crippen molar-refractivity contribution in [2.24, 2.45) is 5.73 Å². The Morgan fingerprint density at radius 1 is 1.15 bits per heavy atom. The standard InChI is InChI=1S/C14H13Cl2N3O/c1-7-5-10(16)12(6-9(7)15)19-11-4-2-3-8(13(11)17)14(18)20/h2-6,19H,17H2,1H3,(H2,18,20). The van der Waals surface area contributed by atoms with Crippen LogP contribution < -0.4 is 16.8 Å². The maximum atomic E-state index is 11.3.